The van der Waals surface area contributed by atoms with Crippen LogP contribution in [-0.2, 0) is 4.79 Å². The largest absolute Gasteiger partial charge is 0.490 e. The van der Waals surface area contributed by atoms with Crippen LogP contribution in [-0.4, -0.2) is 42.2 Å². The standard InChI is InChI=1S/C13H18FNO3/c1-2-15(8-9-16)13(17)7-10-18-12-6-4-3-5-11(12)14/h3-6,16H,2,7-10H2,1H3. The van der Waals surface area contributed by atoms with Crippen molar-refractivity contribution in [1.82, 2.24) is 4.90 Å². The zero-order valence-corrected chi connectivity index (χ0v) is 10.4. The number of benzene rings is 1. The van der Waals surface area contributed by atoms with Crippen molar-refractivity contribution in [3.05, 3.63) is 30.1 Å². The van der Waals surface area contributed by atoms with Crippen molar-refractivity contribution >= 4 is 5.91 Å². The summed E-state index contributed by atoms with van der Waals surface area (Å²) in [5, 5.41) is 8.78. The molecule has 0 spiro atoms. The summed E-state index contributed by atoms with van der Waals surface area (Å²) < 4.78 is 18.4. The van der Waals surface area contributed by atoms with E-state index < -0.39 is 5.82 Å². The number of halogens is 1. The van der Waals surface area contributed by atoms with Crippen molar-refractivity contribution in [2.75, 3.05) is 26.3 Å². The number of para-hydroxylation sites is 1. The summed E-state index contributed by atoms with van der Waals surface area (Å²) in [6, 6.07) is 6.07. The summed E-state index contributed by atoms with van der Waals surface area (Å²) >= 11 is 0. The first kappa shape index (κ1) is 14.4. The Morgan fingerprint density at radius 2 is 2.17 bits per heavy atom. The minimum Gasteiger partial charge on any atom is -0.490 e. The predicted molar refractivity (Wildman–Crippen MR) is 65.9 cm³/mol. The third kappa shape index (κ3) is 4.33. The highest BCUT2D eigenvalue weighted by atomic mass is 19.1. The molecule has 0 radical (unpaired) electrons. The van der Waals surface area contributed by atoms with E-state index in [0.717, 1.165) is 0 Å². The molecule has 0 unspecified atom stereocenters. The molecule has 0 fully saturated rings. The van der Waals surface area contributed by atoms with Crippen LogP contribution in [0.3, 0.4) is 0 Å². The molecule has 1 rings (SSSR count). The second-order valence-corrected chi connectivity index (χ2v) is 3.73. The van der Waals surface area contributed by atoms with Crippen LogP contribution in [0.4, 0.5) is 4.39 Å². The first-order chi connectivity index (χ1) is 8.69. The lowest BCUT2D eigenvalue weighted by molar-refractivity contribution is -0.132. The minimum absolute atomic E-state index is 0.0618. The van der Waals surface area contributed by atoms with Crippen molar-refractivity contribution in [3.63, 3.8) is 0 Å². The first-order valence-corrected chi connectivity index (χ1v) is 5.95. The fourth-order valence-electron chi connectivity index (χ4n) is 1.55. The summed E-state index contributed by atoms with van der Waals surface area (Å²) in [4.78, 5) is 13.2. The molecule has 0 bridgehead atoms. The maximum atomic E-state index is 13.2. The molecule has 0 aromatic heterocycles. The molecule has 4 nitrogen and oxygen atoms in total. The topological polar surface area (TPSA) is 49.8 Å². The van der Waals surface area contributed by atoms with Gasteiger partial charge in [0, 0.05) is 13.1 Å². The molecule has 1 aromatic carbocycles. The Morgan fingerprint density at radius 3 is 2.78 bits per heavy atom. The third-order valence-corrected chi connectivity index (χ3v) is 2.51. The van der Waals surface area contributed by atoms with E-state index in [0.29, 0.717) is 13.1 Å². The number of likely N-dealkylation sites (N-methyl/N-ethyl adjacent to an activating group) is 1. The van der Waals surface area contributed by atoms with Crippen LogP contribution in [0.2, 0.25) is 0 Å². The Morgan fingerprint density at radius 1 is 1.44 bits per heavy atom. The van der Waals surface area contributed by atoms with Crippen LogP contribution >= 0.6 is 0 Å². The van der Waals surface area contributed by atoms with Gasteiger partial charge in [-0.1, -0.05) is 12.1 Å². The van der Waals surface area contributed by atoms with Crippen molar-refractivity contribution in [1.29, 1.82) is 0 Å². The molecular weight excluding hydrogens is 237 g/mol. The van der Waals surface area contributed by atoms with Gasteiger partial charge < -0.3 is 14.7 Å². The van der Waals surface area contributed by atoms with Gasteiger partial charge in [-0.2, -0.15) is 0 Å². The number of hydrogen-bond acceptors (Lipinski definition) is 3. The average molecular weight is 255 g/mol. The Labute approximate surface area is 106 Å². The van der Waals surface area contributed by atoms with Gasteiger partial charge in [0.25, 0.3) is 0 Å². The van der Waals surface area contributed by atoms with Crippen LogP contribution in [0.5, 0.6) is 5.75 Å². The van der Waals surface area contributed by atoms with Crippen LogP contribution < -0.4 is 4.74 Å². The first-order valence-electron chi connectivity index (χ1n) is 5.95. The predicted octanol–water partition coefficient (Wildman–Crippen LogP) is 1.44. The van der Waals surface area contributed by atoms with Crippen LogP contribution in [0, 0.1) is 5.82 Å². The second kappa shape index (κ2) is 7.66. The van der Waals surface area contributed by atoms with Crippen molar-refractivity contribution in [3.8, 4) is 5.75 Å². The molecule has 0 saturated carbocycles. The number of nitrogens with zero attached hydrogens (tertiary/aromatic N) is 1. The summed E-state index contributed by atoms with van der Waals surface area (Å²) in [6.07, 6.45) is 0.169. The van der Waals surface area contributed by atoms with Gasteiger partial charge in [-0.3, -0.25) is 4.79 Å². The number of ether oxygens (including phenoxy) is 1. The molecule has 0 aliphatic heterocycles. The quantitative estimate of drug-likeness (QED) is 0.802. The van der Waals surface area contributed by atoms with Gasteiger partial charge in [-0.15, -0.1) is 0 Å². The zero-order chi connectivity index (χ0) is 13.4. The summed E-state index contributed by atoms with van der Waals surface area (Å²) in [5.41, 5.74) is 0. The maximum Gasteiger partial charge on any atom is 0.226 e. The van der Waals surface area contributed by atoms with Crippen molar-refractivity contribution < 1.29 is 19.0 Å². The van der Waals surface area contributed by atoms with Gasteiger partial charge in [-0.05, 0) is 19.1 Å². The molecule has 1 amide bonds. The van der Waals surface area contributed by atoms with Gasteiger partial charge in [-0.25, -0.2) is 4.39 Å². The number of hydrogen-bond donors (Lipinski definition) is 1. The van der Waals surface area contributed by atoms with E-state index in [1.54, 1.807) is 12.1 Å². The van der Waals surface area contributed by atoms with Crippen LogP contribution in [0.1, 0.15) is 13.3 Å². The van der Waals surface area contributed by atoms with Crippen molar-refractivity contribution in [2.45, 2.75) is 13.3 Å². The molecule has 5 heteroatoms. The molecule has 0 aliphatic rings. The SMILES string of the molecule is CCN(CCO)C(=O)CCOc1ccccc1F. The average Bonchev–Trinajstić information content (AvgIpc) is 2.38. The highest BCUT2D eigenvalue weighted by Gasteiger charge is 2.11. The molecule has 100 valence electrons. The van der Waals surface area contributed by atoms with Gasteiger partial charge in [0.2, 0.25) is 5.91 Å². The summed E-state index contributed by atoms with van der Waals surface area (Å²) in [5.74, 6) is -0.397. The Bertz CT molecular complexity index is 384. The van der Waals surface area contributed by atoms with E-state index >= 15 is 0 Å². The normalized spacial score (nSPS) is 10.2. The number of carbonyl (C=O) groups is 1. The number of aliphatic hydroxyl groups is 1. The van der Waals surface area contributed by atoms with E-state index in [2.05, 4.69) is 0 Å². The van der Waals surface area contributed by atoms with E-state index in [1.807, 2.05) is 6.92 Å². The molecule has 0 atom stereocenters. The maximum absolute atomic E-state index is 13.2. The molecule has 1 N–H and O–H groups in total. The number of rotatable bonds is 7. The van der Waals surface area contributed by atoms with E-state index in [1.165, 1.54) is 17.0 Å². The fraction of sp³-hybridized carbons (Fsp3) is 0.462. The second-order valence-electron chi connectivity index (χ2n) is 3.73. The van der Waals surface area contributed by atoms with Gasteiger partial charge >= 0.3 is 0 Å². The van der Waals surface area contributed by atoms with Gasteiger partial charge in [0.1, 0.15) is 0 Å². The molecule has 18 heavy (non-hydrogen) atoms. The Kier molecular flexibility index (Phi) is 6.14. The lowest BCUT2D eigenvalue weighted by Gasteiger charge is -2.19. The molecule has 0 saturated heterocycles. The van der Waals surface area contributed by atoms with Crippen molar-refractivity contribution in [2.24, 2.45) is 0 Å². The zero-order valence-electron chi connectivity index (χ0n) is 10.4. The van der Waals surface area contributed by atoms with E-state index in [4.69, 9.17) is 9.84 Å². The molecule has 0 heterocycles. The highest BCUT2D eigenvalue weighted by molar-refractivity contribution is 5.76. The summed E-state index contributed by atoms with van der Waals surface area (Å²) in [6.45, 7) is 2.76. The van der Waals surface area contributed by atoms with E-state index in [-0.39, 0.29) is 31.3 Å². The van der Waals surface area contributed by atoms with E-state index in [9.17, 15) is 9.18 Å². The van der Waals surface area contributed by atoms with Gasteiger partial charge in [0.15, 0.2) is 11.6 Å². The monoisotopic (exact) mass is 255 g/mol. The molecule has 1 aromatic rings. The number of aliphatic hydroxyl groups excluding tert-OH is 1. The molecule has 0 aliphatic carbocycles. The number of amides is 1. The summed E-state index contributed by atoms with van der Waals surface area (Å²) in [7, 11) is 0. The molecular formula is C13H18FNO3. The van der Waals surface area contributed by atoms with Crippen LogP contribution in [0.25, 0.3) is 0 Å². The van der Waals surface area contributed by atoms with Crippen LogP contribution in [0.15, 0.2) is 24.3 Å². The Balaban J connectivity index is 2.37. The fourth-order valence-corrected chi connectivity index (χ4v) is 1.55. The number of carbonyl (C=O) groups excluding carboxylic acids is 1. The van der Waals surface area contributed by atoms with Gasteiger partial charge in [0.05, 0.1) is 19.6 Å². The Hall–Kier alpha value is -1.62. The third-order valence-electron chi connectivity index (χ3n) is 2.51. The minimum atomic E-state index is -0.437. The smallest absolute Gasteiger partial charge is 0.226 e. The highest BCUT2D eigenvalue weighted by Crippen LogP contribution is 2.15. The lowest BCUT2D eigenvalue weighted by Crippen LogP contribution is -2.34. The lowest BCUT2D eigenvalue weighted by atomic mass is 10.3.